The lowest BCUT2D eigenvalue weighted by Crippen LogP contribution is -1.89. The first kappa shape index (κ1) is 10.8. The summed E-state index contributed by atoms with van der Waals surface area (Å²) in [5.74, 6) is 0. The normalized spacial score (nSPS) is 9.14. The van der Waals surface area contributed by atoms with Crippen molar-refractivity contribution >= 4 is 43.3 Å². The fraction of sp³-hybridized carbons (Fsp3) is 0.333. The molecule has 0 amide bonds. The smallest absolute Gasteiger partial charge is 0.316 e. The van der Waals surface area contributed by atoms with E-state index in [1.165, 1.54) is 0 Å². The molecule has 0 rings (SSSR count). The van der Waals surface area contributed by atoms with E-state index in [0.29, 0.717) is 0 Å². The van der Waals surface area contributed by atoms with Crippen LogP contribution in [0.25, 0.3) is 0 Å². The zero-order valence-electron chi connectivity index (χ0n) is 4.11. The van der Waals surface area contributed by atoms with Crippen molar-refractivity contribution in [2.45, 2.75) is 6.04 Å². The van der Waals surface area contributed by atoms with E-state index in [4.69, 9.17) is 4.12 Å². The quantitative estimate of drug-likeness (QED) is 0.254. The molecule has 0 radical (unpaired) electrons. The predicted molar refractivity (Wildman–Crippen MR) is 43.1 cm³/mol. The topological polar surface area (TPSA) is 9.23 Å². The monoisotopic (exact) mass is 144 g/mol. The fourth-order valence-electron chi connectivity index (χ4n) is 0.201. The van der Waals surface area contributed by atoms with Gasteiger partial charge in [0.05, 0.1) is 0 Å². The van der Waals surface area contributed by atoms with Gasteiger partial charge in [0.15, 0.2) is 0 Å². The molecule has 40 valence electrons. The van der Waals surface area contributed by atoms with Crippen molar-refractivity contribution in [3.05, 3.63) is 12.7 Å². The van der Waals surface area contributed by atoms with Crippen LogP contribution in [0.5, 0.6) is 0 Å². The first-order chi connectivity index (χ1) is 2.91. The van der Waals surface area contributed by atoms with Gasteiger partial charge in [-0.1, -0.05) is 6.08 Å². The minimum Gasteiger partial charge on any atom is -0.468 e. The Labute approximate surface area is 66.2 Å². The maximum Gasteiger partial charge on any atom is 0.316 e. The Bertz CT molecular complexity index is 41.9. The highest BCUT2D eigenvalue weighted by atomic mass is 28.3. The third-order valence-corrected chi connectivity index (χ3v) is 2.80. The number of hydrogen-bond donors (Lipinski definition) is 0. The summed E-state index contributed by atoms with van der Waals surface area (Å²) in [6, 6.07) is 1.13. The third-order valence-electron chi connectivity index (χ3n) is 0.526. The van der Waals surface area contributed by atoms with Gasteiger partial charge in [0.2, 0.25) is 0 Å². The highest BCUT2D eigenvalue weighted by Gasteiger charge is 1.72. The summed E-state index contributed by atoms with van der Waals surface area (Å²) in [7, 11) is 0.783. The summed E-state index contributed by atoms with van der Waals surface area (Å²) in [6.07, 6.45) is 1.92. The molecule has 7 heavy (non-hydrogen) atoms. The second-order valence-electron chi connectivity index (χ2n) is 1.07. The maximum atomic E-state index is 4.99. The van der Waals surface area contributed by atoms with E-state index < -0.39 is 0 Å². The van der Waals surface area contributed by atoms with Crippen LogP contribution in [-0.2, 0) is 4.12 Å². The molecule has 0 aromatic carbocycles. The Morgan fingerprint density at radius 2 is 2.43 bits per heavy atom. The molecule has 0 bridgehead atoms. The van der Waals surface area contributed by atoms with Crippen LogP contribution in [0.2, 0.25) is 6.04 Å². The van der Waals surface area contributed by atoms with Gasteiger partial charge in [-0.15, -0.1) is 6.58 Å². The summed E-state index contributed by atoms with van der Waals surface area (Å²) < 4.78 is 4.99. The van der Waals surface area contributed by atoms with Crippen molar-refractivity contribution in [3.8, 4) is 0 Å². The molecule has 1 nitrogen and oxygen atoms in total. The van der Waals surface area contributed by atoms with E-state index >= 15 is 0 Å². The van der Waals surface area contributed by atoms with Crippen LogP contribution < -0.4 is 0 Å². The zero-order chi connectivity index (χ0) is 4.83. The summed E-state index contributed by atoms with van der Waals surface area (Å²) >= 11 is 0. The van der Waals surface area contributed by atoms with Crippen molar-refractivity contribution < 1.29 is 4.12 Å². The predicted octanol–water partition coefficient (Wildman–Crippen LogP) is -1.94. The van der Waals surface area contributed by atoms with Crippen molar-refractivity contribution in [2.24, 2.45) is 0 Å². The maximum absolute atomic E-state index is 4.99. The largest absolute Gasteiger partial charge is 0.468 e. The SMILES string of the molecule is C=CC[SiH2]O[SiH3].[MgH2]. The number of allylic oxidation sites excluding steroid dienone is 1. The molecule has 0 fully saturated rings. The molecule has 0 saturated carbocycles. The van der Waals surface area contributed by atoms with Crippen LogP contribution in [0.15, 0.2) is 12.7 Å². The Balaban J connectivity index is 0. The van der Waals surface area contributed by atoms with Gasteiger partial charge in [0, 0.05) is 0 Å². The van der Waals surface area contributed by atoms with Crippen molar-refractivity contribution in [2.75, 3.05) is 0 Å². The Morgan fingerprint density at radius 1 is 1.86 bits per heavy atom. The fourth-order valence-corrected chi connectivity index (χ4v) is 1.31. The van der Waals surface area contributed by atoms with Gasteiger partial charge in [0.25, 0.3) is 0 Å². The highest BCUT2D eigenvalue weighted by molar-refractivity contribution is 6.34. The van der Waals surface area contributed by atoms with Crippen molar-refractivity contribution in [1.82, 2.24) is 0 Å². The molecular weight excluding hydrogens is 133 g/mol. The lowest BCUT2D eigenvalue weighted by molar-refractivity contribution is 0.666. The van der Waals surface area contributed by atoms with E-state index in [2.05, 4.69) is 6.58 Å². The van der Waals surface area contributed by atoms with Gasteiger partial charge in [-0.05, 0) is 6.04 Å². The molecule has 0 N–H and O–H groups in total. The first-order valence-electron chi connectivity index (χ1n) is 2.01. The van der Waals surface area contributed by atoms with E-state index in [1.807, 2.05) is 6.08 Å². The van der Waals surface area contributed by atoms with Gasteiger partial charge >= 0.3 is 23.1 Å². The Morgan fingerprint density at radius 3 is 2.57 bits per heavy atom. The van der Waals surface area contributed by atoms with Crippen LogP contribution in [0.3, 0.4) is 0 Å². The molecular formula is C3H12MgOSi2. The van der Waals surface area contributed by atoms with E-state index in [9.17, 15) is 0 Å². The van der Waals surface area contributed by atoms with Gasteiger partial charge in [-0.25, -0.2) is 0 Å². The van der Waals surface area contributed by atoms with Gasteiger partial charge in [-0.3, -0.25) is 0 Å². The van der Waals surface area contributed by atoms with Crippen molar-refractivity contribution in [1.29, 1.82) is 0 Å². The first-order valence-corrected chi connectivity index (χ1v) is 4.41. The second-order valence-corrected chi connectivity index (χ2v) is 4.37. The molecule has 0 aliphatic rings. The molecule has 0 aliphatic carbocycles. The second kappa shape index (κ2) is 10.0. The molecule has 0 spiro atoms. The molecule has 0 aliphatic heterocycles. The van der Waals surface area contributed by atoms with Crippen LogP contribution in [0.1, 0.15) is 0 Å². The van der Waals surface area contributed by atoms with E-state index in [1.54, 1.807) is 0 Å². The molecule has 0 saturated heterocycles. The average Bonchev–Trinajstić information content (AvgIpc) is 1.61. The lowest BCUT2D eigenvalue weighted by atomic mass is 10.8. The molecule has 0 aromatic rings. The molecule has 0 aromatic heterocycles. The number of hydrogen-bond acceptors (Lipinski definition) is 1. The molecule has 0 atom stereocenters. The van der Waals surface area contributed by atoms with Gasteiger partial charge in [0.1, 0.15) is 20.2 Å². The van der Waals surface area contributed by atoms with E-state index in [0.717, 1.165) is 16.5 Å². The Kier molecular flexibility index (Phi) is 15.4. The Hall–Kier alpha value is 0.900. The lowest BCUT2D eigenvalue weighted by Gasteiger charge is -1.85. The van der Waals surface area contributed by atoms with E-state index in [-0.39, 0.29) is 32.8 Å². The molecule has 4 heteroatoms. The summed E-state index contributed by atoms with van der Waals surface area (Å²) in [5.41, 5.74) is 0. The van der Waals surface area contributed by atoms with Gasteiger partial charge in [-0.2, -0.15) is 0 Å². The van der Waals surface area contributed by atoms with Crippen LogP contribution >= 0.6 is 0 Å². The molecule has 0 heterocycles. The standard InChI is InChI=1S/C3H10OSi2.Mg.2H/c1-2-3-6-4-5;;;/h2H,1,3,6H2,5H3;;;. The summed E-state index contributed by atoms with van der Waals surface area (Å²) in [4.78, 5) is 0. The van der Waals surface area contributed by atoms with Crippen LogP contribution in [0, 0.1) is 0 Å². The average molecular weight is 145 g/mol. The highest BCUT2D eigenvalue weighted by Crippen LogP contribution is 1.74. The van der Waals surface area contributed by atoms with Crippen LogP contribution in [0.4, 0.5) is 0 Å². The van der Waals surface area contributed by atoms with Gasteiger partial charge < -0.3 is 4.12 Å². The van der Waals surface area contributed by atoms with Crippen molar-refractivity contribution in [3.63, 3.8) is 0 Å². The summed E-state index contributed by atoms with van der Waals surface area (Å²) in [5, 5.41) is 0. The third kappa shape index (κ3) is 10.9. The zero-order valence-corrected chi connectivity index (χ0v) is 7.52. The minimum absolute atomic E-state index is 0. The molecule has 0 unspecified atom stereocenters. The van der Waals surface area contributed by atoms with Crippen LogP contribution in [-0.4, -0.2) is 43.3 Å². The summed E-state index contributed by atoms with van der Waals surface area (Å²) in [6.45, 7) is 3.57. The minimum atomic E-state index is -0.135. The number of rotatable bonds is 3.